The van der Waals surface area contributed by atoms with Gasteiger partial charge in [-0.1, -0.05) is 6.92 Å². The third-order valence-corrected chi connectivity index (χ3v) is 3.37. The number of pyridine rings is 1. The van der Waals surface area contributed by atoms with E-state index in [2.05, 4.69) is 21.9 Å². The average Bonchev–Trinajstić information content (AvgIpc) is 2.47. The number of nitrogens with one attached hydrogen (secondary N) is 1. The van der Waals surface area contributed by atoms with Crippen LogP contribution in [0.25, 0.3) is 11.4 Å². The highest BCUT2D eigenvalue weighted by atomic mass is 16.5. The van der Waals surface area contributed by atoms with Gasteiger partial charge in [0.25, 0.3) is 5.56 Å². The summed E-state index contributed by atoms with van der Waals surface area (Å²) in [6, 6.07) is 1.89. The summed E-state index contributed by atoms with van der Waals surface area (Å²) in [5, 5.41) is 0. The van der Waals surface area contributed by atoms with E-state index >= 15 is 0 Å². The number of hydrogen-bond acceptors (Lipinski definition) is 4. The molecular weight excluding hydrogens is 242 g/mol. The van der Waals surface area contributed by atoms with Crippen molar-refractivity contribution >= 4 is 0 Å². The van der Waals surface area contributed by atoms with Crippen LogP contribution in [0.5, 0.6) is 0 Å². The lowest BCUT2D eigenvalue weighted by molar-refractivity contribution is 0.108. The molecule has 0 saturated heterocycles. The Kier molecular flexibility index (Phi) is 3.13. The monoisotopic (exact) mass is 257 g/mol. The van der Waals surface area contributed by atoms with Crippen LogP contribution in [0.2, 0.25) is 0 Å². The number of aromatic amines is 1. The Morgan fingerprint density at radius 2 is 2.37 bits per heavy atom. The lowest BCUT2D eigenvalue weighted by atomic mass is 10.1. The maximum absolute atomic E-state index is 12.1. The minimum atomic E-state index is -0.0986. The summed E-state index contributed by atoms with van der Waals surface area (Å²) in [7, 11) is 0. The van der Waals surface area contributed by atoms with Crippen LogP contribution in [0.15, 0.2) is 23.3 Å². The van der Waals surface area contributed by atoms with Crippen LogP contribution >= 0.6 is 0 Å². The molecule has 1 aliphatic rings. The molecule has 19 heavy (non-hydrogen) atoms. The molecule has 5 heteroatoms. The molecule has 1 N–H and O–H groups in total. The van der Waals surface area contributed by atoms with Crippen LogP contribution in [-0.4, -0.2) is 21.6 Å². The zero-order valence-electron chi connectivity index (χ0n) is 10.8. The number of rotatable bonds is 2. The van der Waals surface area contributed by atoms with Crippen LogP contribution in [0.4, 0.5) is 0 Å². The predicted molar refractivity (Wildman–Crippen MR) is 70.8 cm³/mol. The maximum Gasteiger partial charge on any atom is 0.256 e. The minimum Gasteiger partial charge on any atom is -0.376 e. The van der Waals surface area contributed by atoms with Gasteiger partial charge in [-0.05, 0) is 18.1 Å². The van der Waals surface area contributed by atoms with Gasteiger partial charge in [-0.25, -0.2) is 4.98 Å². The Balaban J connectivity index is 2.16. The molecule has 2 aromatic rings. The highest BCUT2D eigenvalue weighted by Crippen LogP contribution is 2.20. The van der Waals surface area contributed by atoms with Crippen LogP contribution in [0, 0.1) is 0 Å². The third-order valence-electron chi connectivity index (χ3n) is 3.37. The molecule has 0 unspecified atom stereocenters. The van der Waals surface area contributed by atoms with Crippen molar-refractivity contribution < 1.29 is 4.74 Å². The van der Waals surface area contributed by atoms with E-state index in [1.807, 2.05) is 12.3 Å². The van der Waals surface area contributed by atoms with Crippen LogP contribution in [-0.2, 0) is 24.2 Å². The summed E-state index contributed by atoms with van der Waals surface area (Å²) in [4.78, 5) is 23.6. The quantitative estimate of drug-likeness (QED) is 0.884. The Labute approximate surface area is 110 Å². The third kappa shape index (κ3) is 2.17. The molecular formula is C14H15N3O2. The minimum absolute atomic E-state index is 0.0986. The van der Waals surface area contributed by atoms with E-state index in [1.165, 1.54) is 0 Å². The standard InChI is InChI=1S/C14H15N3O2/c1-2-9-7-15-5-3-10(9)13-16-12-4-6-19-8-11(12)14(18)17-13/h3,5,7H,2,4,6,8H2,1H3,(H,16,17,18). The lowest BCUT2D eigenvalue weighted by Gasteiger charge is -2.16. The Bertz CT molecular complexity index is 664. The second-order valence-electron chi connectivity index (χ2n) is 4.53. The molecule has 0 spiro atoms. The molecule has 0 fully saturated rings. The van der Waals surface area contributed by atoms with Gasteiger partial charge in [-0.3, -0.25) is 9.78 Å². The molecule has 0 amide bonds. The van der Waals surface area contributed by atoms with E-state index < -0.39 is 0 Å². The maximum atomic E-state index is 12.1. The van der Waals surface area contributed by atoms with Gasteiger partial charge >= 0.3 is 0 Å². The predicted octanol–water partition coefficient (Wildman–Crippen LogP) is 1.47. The summed E-state index contributed by atoms with van der Waals surface area (Å²) in [5.74, 6) is 0.630. The topological polar surface area (TPSA) is 67.9 Å². The number of aryl methyl sites for hydroxylation is 1. The Morgan fingerprint density at radius 1 is 1.47 bits per heavy atom. The molecule has 2 aromatic heterocycles. The van der Waals surface area contributed by atoms with E-state index in [0.717, 1.165) is 23.2 Å². The van der Waals surface area contributed by atoms with Crippen molar-refractivity contribution in [3.8, 4) is 11.4 Å². The molecule has 1 aliphatic heterocycles. The van der Waals surface area contributed by atoms with Gasteiger partial charge in [0.2, 0.25) is 0 Å². The fourth-order valence-corrected chi connectivity index (χ4v) is 2.31. The molecule has 0 bridgehead atoms. The number of fused-ring (bicyclic) bond motifs is 1. The van der Waals surface area contributed by atoms with Crippen LogP contribution < -0.4 is 5.56 Å². The zero-order valence-corrected chi connectivity index (χ0v) is 10.8. The molecule has 98 valence electrons. The van der Waals surface area contributed by atoms with E-state index in [1.54, 1.807) is 6.20 Å². The zero-order chi connectivity index (χ0) is 13.2. The van der Waals surface area contributed by atoms with Crippen LogP contribution in [0.3, 0.4) is 0 Å². The van der Waals surface area contributed by atoms with Gasteiger partial charge < -0.3 is 9.72 Å². The van der Waals surface area contributed by atoms with Crippen molar-refractivity contribution in [2.45, 2.75) is 26.4 Å². The fraction of sp³-hybridized carbons (Fsp3) is 0.357. The second kappa shape index (κ2) is 4.93. The summed E-state index contributed by atoms with van der Waals surface area (Å²) < 4.78 is 5.30. The summed E-state index contributed by atoms with van der Waals surface area (Å²) in [5.41, 5.74) is 3.44. The molecule has 5 nitrogen and oxygen atoms in total. The van der Waals surface area contributed by atoms with Gasteiger partial charge in [0, 0.05) is 24.4 Å². The smallest absolute Gasteiger partial charge is 0.256 e. The second-order valence-corrected chi connectivity index (χ2v) is 4.53. The first-order valence-corrected chi connectivity index (χ1v) is 6.42. The van der Waals surface area contributed by atoms with Crippen molar-refractivity contribution in [1.29, 1.82) is 0 Å². The Hall–Kier alpha value is -2.01. The summed E-state index contributed by atoms with van der Waals surface area (Å²) in [6.45, 7) is 3.04. The molecule has 0 radical (unpaired) electrons. The lowest BCUT2D eigenvalue weighted by Crippen LogP contribution is -2.24. The van der Waals surface area contributed by atoms with Crippen molar-refractivity contribution in [3.05, 3.63) is 45.6 Å². The first-order chi connectivity index (χ1) is 9.29. The molecule has 0 aliphatic carbocycles. The van der Waals surface area contributed by atoms with Crippen molar-refractivity contribution in [3.63, 3.8) is 0 Å². The highest BCUT2D eigenvalue weighted by molar-refractivity contribution is 5.59. The first kappa shape index (κ1) is 12.0. The SMILES string of the molecule is CCc1cnccc1-c1nc2c(c(=O)[nH]1)COCC2. The van der Waals surface area contributed by atoms with Crippen molar-refractivity contribution in [1.82, 2.24) is 15.0 Å². The molecule has 0 saturated carbocycles. The molecule has 3 heterocycles. The van der Waals surface area contributed by atoms with Gasteiger partial charge in [-0.15, -0.1) is 0 Å². The molecule has 0 atom stereocenters. The fourth-order valence-electron chi connectivity index (χ4n) is 2.31. The summed E-state index contributed by atoms with van der Waals surface area (Å²) >= 11 is 0. The van der Waals surface area contributed by atoms with Gasteiger partial charge in [-0.2, -0.15) is 0 Å². The van der Waals surface area contributed by atoms with E-state index in [0.29, 0.717) is 31.0 Å². The van der Waals surface area contributed by atoms with Crippen LogP contribution in [0.1, 0.15) is 23.7 Å². The van der Waals surface area contributed by atoms with E-state index in [4.69, 9.17) is 4.74 Å². The van der Waals surface area contributed by atoms with Crippen molar-refractivity contribution in [2.24, 2.45) is 0 Å². The van der Waals surface area contributed by atoms with Crippen molar-refractivity contribution in [2.75, 3.05) is 6.61 Å². The molecule has 0 aromatic carbocycles. The summed E-state index contributed by atoms with van der Waals surface area (Å²) in [6.07, 6.45) is 5.08. The van der Waals surface area contributed by atoms with Gasteiger partial charge in [0.05, 0.1) is 24.5 Å². The number of hydrogen-bond donors (Lipinski definition) is 1. The van der Waals surface area contributed by atoms with E-state index in [9.17, 15) is 4.79 Å². The number of aromatic nitrogens is 3. The highest BCUT2D eigenvalue weighted by Gasteiger charge is 2.17. The Morgan fingerprint density at radius 3 is 3.21 bits per heavy atom. The van der Waals surface area contributed by atoms with Gasteiger partial charge in [0.1, 0.15) is 5.82 Å². The van der Waals surface area contributed by atoms with Gasteiger partial charge in [0.15, 0.2) is 0 Å². The normalized spacial score (nSPS) is 14.2. The van der Waals surface area contributed by atoms with E-state index in [-0.39, 0.29) is 5.56 Å². The number of nitrogens with zero attached hydrogens (tertiary/aromatic N) is 2. The number of ether oxygens (including phenoxy) is 1. The number of H-pyrrole nitrogens is 1. The first-order valence-electron chi connectivity index (χ1n) is 6.42. The average molecular weight is 257 g/mol. The largest absolute Gasteiger partial charge is 0.376 e. The molecule has 3 rings (SSSR count).